The van der Waals surface area contributed by atoms with Gasteiger partial charge in [0.15, 0.2) is 0 Å². The van der Waals surface area contributed by atoms with Crippen molar-refractivity contribution in [2.75, 3.05) is 14.1 Å². The predicted octanol–water partition coefficient (Wildman–Crippen LogP) is 3.68. The van der Waals surface area contributed by atoms with E-state index in [0.717, 1.165) is 19.3 Å². The van der Waals surface area contributed by atoms with Crippen molar-refractivity contribution in [1.82, 2.24) is 15.5 Å². The van der Waals surface area contributed by atoms with Gasteiger partial charge in [-0.3, -0.25) is 14.4 Å². The lowest BCUT2D eigenvalue weighted by Crippen LogP contribution is -2.60. The molecule has 192 valence electrons. The van der Waals surface area contributed by atoms with Gasteiger partial charge in [0.1, 0.15) is 11.6 Å². The summed E-state index contributed by atoms with van der Waals surface area (Å²) in [7, 11) is 3.13. The molecule has 1 fully saturated rings. The lowest BCUT2D eigenvalue weighted by molar-refractivity contribution is -0.137. The van der Waals surface area contributed by atoms with Crippen molar-refractivity contribution in [3.05, 3.63) is 73.0 Å². The predicted molar refractivity (Wildman–Crippen MR) is 143 cm³/mol. The van der Waals surface area contributed by atoms with E-state index < -0.39 is 11.6 Å². The normalized spacial score (nSPS) is 19.4. The molecule has 0 radical (unpaired) electrons. The largest absolute Gasteiger partial charge is 0.342 e. The third kappa shape index (κ3) is 6.69. The molecule has 0 aromatic rings. The number of carbonyl (C=O) groups is 3. The van der Waals surface area contributed by atoms with Crippen molar-refractivity contribution in [2.45, 2.75) is 64.0 Å². The molecule has 1 unspecified atom stereocenters. The van der Waals surface area contributed by atoms with E-state index in [0.29, 0.717) is 47.6 Å². The van der Waals surface area contributed by atoms with Gasteiger partial charge in [-0.25, -0.2) is 0 Å². The van der Waals surface area contributed by atoms with Gasteiger partial charge in [-0.05, 0) is 49.5 Å². The van der Waals surface area contributed by atoms with E-state index >= 15 is 0 Å². The SMILES string of the molecule is C=CC1=C(C=C)C(NC(=O)C2(NC(=O)CCC(C)C)CCCC2)C(=O)N(C)C(C=C)=C1C=C.CN. The Kier molecular flexibility index (Phi) is 11.6. The highest BCUT2D eigenvalue weighted by atomic mass is 16.2. The molecule has 0 saturated heterocycles. The monoisotopic (exact) mass is 482 g/mol. The van der Waals surface area contributed by atoms with Gasteiger partial charge in [0.2, 0.25) is 11.8 Å². The van der Waals surface area contributed by atoms with Gasteiger partial charge >= 0.3 is 0 Å². The zero-order valence-electron chi connectivity index (χ0n) is 21.8. The molecule has 1 aliphatic carbocycles. The zero-order chi connectivity index (χ0) is 26.8. The summed E-state index contributed by atoms with van der Waals surface area (Å²) >= 11 is 0. The van der Waals surface area contributed by atoms with E-state index in [-0.39, 0.29) is 17.7 Å². The Morgan fingerprint density at radius 2 is 1.63 bits per heavy atom. The highest BCUT2D eigenvalue weighted by molar-refractivity contribution is 5.98. The molecular weight excluding hydrogens is 440 g/mol. The topological polar surface area (TPSA) is 105 Å². The quantitative estimate of drug-likeness (QED) is 0.442. The van der Waals surface area contributed by atoms with Crippen LogP contribution in [-0.4, -0.2) is 48.3 Å². The van der Waals surface area contributed by atoms with Crippen molar-refractivity contribution in [1.29, 1.82) is 0 Å². The summed E-state index contributed by atoms with van der Waals surface area (Å²) in [5.41, 5.74) is 5.91. The minimum absolute atomic E-state index is 0.138. The zero-order valence-corrected chi connectivity index (χ0v) is 21.8. The standard InChI is InChI=1S/C27H37N3O3.CH5N/c1-8-19-20(9-2)22(11-4)30(7)25(32)24(21(19)10-3)28-26(33)27(16-12-13-17-27)29-23(31)15-14-18(5)6;1-2/h8-11,18,24H,1-4,12-17H2,5-7H3,(H,28,33)(H,29,31);2H2,1H3. The highest BCUT2D eigenvalue weighted by Gasteiger charge is 2.45. The average Bonchev–Trinajstić information content (AvgIpc) is 3.31. The smallest absolute Gasteiger partial charge is 0.253 e. The molecule has 0 aromatic carbocycles. The molecule has 1 atom stereocenters. The molecule has 0 aromatic heterocycles. The number of hydrogen-bond acceptors (Lipinski definition) is 4. The molecule has 0 bridgehead atoms. The second-order valence-corrected chi connectivity index (χ2v) is 9.06. The molecular formula is C28H42N4O3. The molecule has 1 heterocycles. The first-order valence-electron chi connectivity index (χ1n) is 12.1. The molecule has 35 heavy (non-hydrogen) atoms. The summed E-state index contributed by atoms with van der Waals surface area (Å²) in [4.78, 5) is 41.1. The molecule has 3 amide bonds. The molecule has 7 heteroatoms. The van der Waals surface area contributed by atoms with Gasteiger partial charge < -0.3 is 21.3 Å². The first-order chi connectivity index (χ1) is 16.6. The van der Waals surface area contributed by atoms with E-state index in [1.807, 2.05) is 0 Å². The third-order valence-electron chi connectivity index (χ3n) is 6.44. The van der Waals surface area contributed by atoms with E-state index in [4.69, 9.17) is 0 Å². The third-order valence-corrected chi connectivity index (χ3v) is 6.44. The van der Waals surface area contributed by atoms with Crippen molar-refractivity contribution in [2.24, 2.45) is 11.7 Å². The van der Waals surface area contributed by atoms with Crippen LogP contribution in [0.1, 0.15) is 52.4 Å². The maximum atomic E-state index is 13.6. The van der Waals surface area contributed by atoms with E-state index in [2.05, 4.69) is 56.5 Å². The van der Waals surface area contributed by atoms with Crippen LogP contribution in [0.3, 0.4) is 0 Å². The first-order valence-corrected chi connectivity index (χ1v) is 12.1. The average molecular weight is 483 g/mol. The fourth-order valence-electron chi connectivity index (χ4n) is 4.54. The lowest BCUT2D eigenvalue weighted by atomic mass is 9.92. The number of nitrogens with two attached hydrogens (primary N) is 1. The first kappa shape index (κ1) is 29.8. The number of carbonyl (C=O) groups excluding carboxylic acids is 3. The Morgan fingerprint density at radius 3 is 2.09 bits per heavy atom. The maximum absolute atomic E-state index is 13.6. The van der Waals surface area contributed by atoms with E-state index in [9.17, 15) is 14.4 Å². The van der Waals surface area contributed by atoms with Crippen molar-refractivity contribution >= 4 is 17.7 Å². The van der Waals surface area contributed by atoms with E-state index in [1.165, 1.54) is 11.9 Å². The minimum Gasteiger partial charge on any atom is -0.342 e. The lowest BCUT2D eigenvalue weighted by Gasteiger charge is -2.32. The highest BCUT2D eigenvalue weighted by Crippen LogP contribution is 2.33. The summed E-state index contributed by atoms with van der Waals surface area (Å²) in [5, 5.41) is 5.93. The summed E-state index contributed by atoms with van der Waals surface area (Å²) in [6, 6.07) is -0.981. The van der Waals surface area contributed by atoms with Crippen LogP contribution in [-0.2, 0) is 14.4 Å². The molecule has 0 spiro atoms. The van der Waals surface area contributed by atoms with Gasteiger partial charge in [0.25, 0.3) is 5.91 Å². The van der Waals surface area contributed by atoms with Crippen LogP contribution in [0.2, 0.25) is 0 Å². The van der Waals surface area contributed by atoms with Crippen LogP contribution in [0.4, 0.5) is 0 Å². The molecule has 2 aliphatic rings. The number of nitrogens with one attached hydrogen (secondary N) is 2. The number of nitrogens with zero attached hydrogens (tertiary/aromatic N) is 1. The Labute approximate surface area is 210 Å². The Balaban J connectivity index is 0.00000298. The molecule has 1 aliphatic heterocycles. The summed E-state index contributed by atoms with van der Waals surface area (Å²) in [5.74, 6) is -0.425. The second kappa shape index (κ2) is 13.6. The molecule has 2 rings (SSSR count). The van der Waals surface area contributed by atoms with Crippen molar-refractivity contribution < 1.29 is 14.4 Å². The Bertz CT molecular complexity index is 920. The number of hydrogen-bond donors (Lipinski definition) is 3. The number of amides is 3. The van der Waals surface area contributed by atoms with Gasteiger partial charge in [0.05, 0.1) is 5.70 Å². The molecule has 1 saturated carbocycles. The van der Waals surface area contributed by atoms with Gasteiger partial charge in [-0.15, -0.1) is 0 Å². The van der Waals surface area contributed by atoms with Crippen LogP contribution in [0.15, 0.2) is 73.0 Å². The Hall–Kier alpha value is -3.19. The number of allylic oxidation sites excluding steroid dienone is 5. The molecule has 4 N–H and O–H groups in total. The summed E-state index contributed by atoms with van der Waals surface area (Å²) in [6.45, 7) is 19.6. The number of rotatable bonds is 10. The van der Waals surface area contributed by atoms with Gasteiger partial charge in [0, 0.05) is 19.0 Å². The molecule has 7 nitrogen and oxygen atoms in total. The maximum Gasteiger partial charge on any atom is 0.253 e. The van der Waals surface area contributed by atoms with Crippen LogP contribution in [0.25, 0.3) is 0 Å². The van der Waals surface area contributed by atoms with Gasteiger partial charge in [-0.1, -0.05) is 71.2 Å². The van der Waals surface area contributed by atoms with Crippen molar-refractivity contribution in [3.63, 3.8) is 0 Å². The fraction of sp³-hybridized carbons (Fsp3) is 0.464. The van der Waals surface area contributed by atoms with Gasteiger partial charge in [-0.2, -0.15) is 0 Å². The van der Waals surface area contributed by atoms with Crippen LogP contribution in [0.5, 0.6) is 0 Å². The van der Waals surface area contributed by atoms with Crippen LogP contribution < -0.4 is 16.4 Å². The van der Waals surface area contributed by atoms with Crippen LogP contribution in [0, 0.1) is 5.92 Å². The summed E-state index contributed by atoms with van der Waals surface area (Å²) < 4.78 is 0. The Morgan fingerprint density at radius 1 is 1.06 bits per heavy atom. The summed E-state index contributed by atoms with van der Waals surface area (Å²) in [6.07, 6.45) is 10.3. The second-order valence-electron chi connectivity index (χ2n) is 9.06. The van der Waals surface area contributed by atoms with Crippen molar-refractivity contribution in [3.8, 4) is 0 Å². The number of likely N-dealkylation sites (N-methyl/N-ethyl adjacent to an activating group) is 1. The van der Waals surface area contributed by atoms with E-state index in [1.54, 1.807) is 31.4 Å². The fourth-order valence-corrected chi connectivity index (χ4v) is 4.54. The van der Waals surface area contributed by atoms with Crippen LogP contribution >= 0.6 is 0 Å². The minimum atomic E-state index is -1.02.